The SMILES string of the molecule is N[C@@H]1CCOc2cc(F)cc(F)c21. The standard InChI is InChI=1S/C9H9F2NO/c10-5-3-6(11)9-7(12)1-2-13-8(9)4-5/h3-4,7H,1-2,12H2/t7-/m1/s1. The zero-order valence-electron chi connectivity index (χ0n) is 6.89. The molecule has 0 aliphatic carbocycles. The zero-order chi connectivity index (χ0) is 9.42. The highest BCUT2D eigenvalue weighted by Crippen LogP contribution is 2.33. The summed E-state index contributed by atoms with van der Waals surface area (Å²) in [5.41, 5.74) is 5.94. The lowest BCUT2D eigenvalue weighted by atomic mass is 10.0. The minimum absolute atomic E-state index is 0.233. The third kappa shape index (κ3) is 1.37. The Balaban J connectivity index is 2.56. The summed E-state index contributed by atoms with van der Waals surface area (Å²) in [6.45, 7) is 0.414. The monoisotopic (exact) mass is 185 g/mol. The molecule has 2 rings (SSSR count). The number of nitrogens with two attached hydrogens (primary N) is 1. The van der Waals surface area contributed by atoms with Crippen LogP contribution >= 0.6 is 0 Å². The minimum Gasteiger partial charge on any atom is -0.493 e. The molecule has 2 N–H and O–H groups in total. The summed E-state index contributed by atoms with van der Waals surface area (Å²) in [4.78, 5) is 0. The van der Waals surface area contributed by atoms with Crippen LogP contribution in [0.4, 0.5) is 8.78 Å². The number of fused-ring (bicyclic) bond motifs is 1. The van der Waals surface area contributed by atoms with Gasteiger partial charge in [-0.1, -0.05) is 0 Å². The lowest BCUT2D eigenvalue weighted by Gasteiger charge is -2.23. The molecule has 0 spiro atoms. The molecule has 0 saturated carbocycles. The molecule has 0 radical (unpaired) electrons. The molecule has 13 heavy (non-hydrogen) atoms. The largest absolute Gasteiger partial charge is 0.493 e. The molecular weight excluding hydrogens is 176 g/mol. The van der Waals surface area contributed by atoms with Crippen molar-refractivity contribution in [3.05, 3.63) is 29.3 Å². The summed E-state index contributed by atoms with van der Waals surface area (Å²) in [5, 5.41) is 0. The number of benzene rings is 1. The molecule has 1 aliphatic rings. The molecule has 70 valence electrons. The van der Waals surface area contributed by atoms with Crippen molar-refractivity contribution < 1.29 is 13.5 Å². The van der Waals surface area contributed by atoms with Crippen molar-refractivity contribution in [2.75, 3.05) is 6.61 Å². The first-order chi connectivity index (χ1) is 6.18. The minimum atomic E-state index is -0.634. The summed E-state index contributed by atoms with van der Waals surface area (Å²) in [5.74, 6) is -1.02. The lowest BCUT2D eigenvalue weighted by Crippen LogP contribution is -2.22. The summed E-state index contributed by atoms with van der Waals surface area (Å²) in [6, 6.07) is 1.61. The molecule has 1 aromatic rings. The van der Waals surface area contributed by atoms with E-state index in [1.807, 2.05) is 0 Å². The number of ether oxygens (including phenoxy) is 1. The molecule has 1 aromatic carbocycles. The number of hydrogen-bond donors (Lipinski definition) is 1. The van der Waals surface area contributed by atoms with Crippen molar-refractivity contribution in [3.63, 3.8) is 0 Å². The molecule has 0 saturated heterocycles. The Morgan fingerprint density at radius 3 is 2.92 bits per heavy atom. The number of rotatable bonds is 0. The van der Waals surface area contributed by atoms with Gasteiger partial charge in [0.05, 0.1) is 6.61 Å². The Kier molecular flexibility index (Phi) is 1.92. The van der Waals surface area contributed by atoms with Crippen LogP contribution in [0, 0.1) is 11.6 Å². The van der Waals surface area contributed by atoms with E-state index < -0.39 is 11.6 Å². The predicted octanol–water partition coefficient (Wildman–Crippen LogP) is 1.75. The smallest absolute Gasteiger partial charge is 0.134 e. The summed E-state index contributed by atoms with van der Waals surface area (Å²) in [6.07, 6.45) is 0.565. The van der Waals surface area contributed by atoms with Gasteiger partial charge in [0.2, 0.25) is 0 Å². The van der Waals surface area contributed by atoms with Crippen LogP contribution in [-0.4, -0.2) is 6.61 Å². The average molecular weight is 185 g/mol. The second-order valence-electron chi connectivity index (χ2n) is 3.04. The molecule has 1 atom stereocenters. The maximum Gasteiger partial charge on any atom is 0.134 e. The van der Waals surface area contributed by atoms with Gasteiger partial charge in [0.1, 0.15) is 17.4 Å². The summed E-state index contributed by atoms with van der Waals surface area (Å²) >= 11 is 0. The maximum absolute atomic E-state index is 13.2. The van der Waals surface area contributed by atoms with Gasteiger partial charge < -0.3 is 10.5 Å². The second-order valence-corrected chi connectivity index (χ2v) is 3.04. The van der Waals surface area contributed by atoms with Gasteiger partial charge in [-0.05, 0) is 0 Å². The quantitative estimate of drug-likeness (QED) is 0.668. The van der Waals surface area contributed by atoms with E-state index in [-0.39, 0.29) is 17.4 Å². The van der Waals surface area contributed by atoms with Crippen molar-refractivity contribution in [1.82, 2.24) is 0 Å². The predicted molar refractivity (Wildman–Crippen MR) is 43.4 cm³/mol. The normalized spacial score (nSPS) is 20.7. The topological polar surface area (TPSA) is 35.2 Å². The molecule has 1 aliphatic heterocycles. The van der Waals surface area contributed by atoms with Gasteiger partial charge in [-0.25, -0.2) is 8.78 Å². The summed E-state index contributed by atoms with van der Waals surface area (Å²) in [7, 11) is 0. The Labute approximate surface area is 74.3 Å². The number of hydrogen-bond acceptors (Lipinski definition) is 2. The van der Waals surface area contributed by atoms with E-state index in [1.54, 1.807) is 0 Å². The Morgan fingerprint density at radius 1 is 1.38 bits per heavy atom. The highest BCUT2D eigenvalue weighted by atomic mass is 19.1. The molecule has 2 nitrogen and oxygen atoms in total. The van der Waals surface area contributed by atoms with E-state index in [4.69, 9.17) is 10.5 Å². The van der Waals surface area contributed by atoms with Gasteiger partial charge in [-0.3, -0.25) is 0 Å². The van der Waals surface area contributed by atoms with Crippen LogP contribution in [0.2, 0.25) is 0 Å². The highest BCUT2D eigenvalue weighted by Gasteiger charge is 2.22. The van der Waals surface area contributed by atoms with Gasteiger partial charge in [-0.15, -0.1) is 0 Å². The fourth-order valence-corrected chi connectivity index (χ4v) is 1.48. The molecule has 0 fully saturated rings. The fraction of sp³-hybridized carbons (Fsp3) is 0.333. The first-order valence-electron chi connectivity index (χ1n) is 4.06. The van der Waals surface area contributed by atoms with Gasteiger partial charge >= 0.3 is 0 Å². The van der Waals surface area contributed by atoms with E-state index in [9.17, 15) is 8.78 Å². The van der Waals surface area contributed by atoms with Crippen molar-refractivity contribution >= 4 is 0 Å². The Bertz CT molecular complexity index is 341. The molecular formula is C9H9F2NO. The van der Waals surface area contributed by atoms with Crippen LogP contribution in [-0.2, 0) is 0 Å². The van der Waals surface area contributed by atoms with Crippen molar-refractivity contribution in [1.29, 1.82) is 0 Å². The Hall–Kier alpha value is -1.16. The zero-order valence-corrected chi connectivity index (χ0v) is 6.89. The average Bonchev–Trinajstić information content (AvgIpc) is 2.02. The first kappa shape index (κ1) is 8.44. The maximum atomic E-state index is 13.2. The van der Waals surface area contributed by atoms with Gasteiger partial charge in [0, 0.05) is 30.2 Å². The van der Waals surface area contributed by atoms with E-state index >= 15 is 0 Å². The van der Waals surface area contributed by atoms with Crippen molar-refractivity contribution in [2.24, 2.45) is 5.73 Å². The second kappa shape index (κ2) is 2.96. The van der Waals surface area contributed by atoms with Gasteiger partial charge in [-0.2, -0.15) is 0 Å². The summed E-state index contributed by atoms with van der Waals surface area (Å²) < 4.78 is 31.0. The molecule has 1 heterocycles. The van der Waals surface area contributed by atoms with Crippen molar-refractivity contribution in [3.8, 4) is 5.75 Å². The highest BCUT2D eigenvalue weighted by molar-refractivity contribution is 5.39. The fourth-order valence-electron chi connectivity index (χ4n) is 1.48. The van der Waals surface area contributed by atoms with Crippen molar-refractivity contribution in [2.45, 2.75) is 12.5 Å². The lowest BCUT2D eigenvalue weighted by molar-refractivity contribution is 0.262. The van der Waals surface area contributed by atoms with E-state index in [0.717, 1.165) is 12.1 Å². The molecule has 4 heteroatoms. The van der Waals surface area contributed by atoms with Crippen LogP contribution < -0.4 is 10.5 Å². The first-order valence-corrected chi connectivity index (χ1v) is 4.06. The molecule has 0 amide bonds. The van der Waals surface area contributed by atoms with Crippen LogP contribution in [0.1, 0.15) is 18.0 Å². The van der Waals surface area contributed by atoms with E-state index in [2.05, 4.69) is 0 Å². The van der Waals surface area contributed by atoms with Gasteiger partial charge in [0.25, 0.3) is 0 Å². The van der Waals surface area contributed by atoms with Crippen LogP contribution in [0.25, 0.3) is 0 Å². The molecule has 0 unspecified atom stereocenters. The number of halogens is 2. The Morgan fingerprint density at radius 2 is 2.15 bits per heavy atom. The molecule has 0 aromatic heterocycles. The van der Waals surface area contributed by atoms with E-state index in [0.29, 0.717) is 13.0 Å². The van der Waals surface area contributed by atoms with Crippen LogP contribution in [0.15, 0.2) is 12.1 Å². The van der Waals surface area contributed by atoms with Gasteiger partial charge in [0.15, 0.2) is 0 Å². The van der Waals surface area contributed by atoms with Crippen LogP contribution in [0.5, 0.6) is 5.75 Å². The van der Waals surface area contributed by atoms with Crippen LogP contribution in [0.3, 0.4) is 0 Å². The molecule has 0 bridgehead atoms. The third-order valence-corrected chi connectivity index (χ3v) is 2.11. The third-order valence-electron chi connectivity index (χ3n) is 2.11. The van der Waals surface area contributed by atoms with E-state index in [1.165, 1.54) is 0 Å².